The Kier molecular flexibility index (Phi) is 5.43. The van der Waals surface area contributed by atoms with Gasteiger partial charge in [0.1, 0.15) is 17.1 Å². The van der Waals surface area contributed by atoms with E-state index in [2.05, 4.69) is 34.5 Å². The molecule has 3 N–H and O–H groups in total. The number of aromatic nitrogens is 3. The zero-order chi connectivity index (χ0) is 20.5. The molecule has 7 heteroatoms. The van der Waals surface area contributed by atoms with Crippen LogP contribution in [0.25, 0.3) is 21.9 Å². The number of nitrogens with two attached hydrogens (primary N) is 1. The van der Waals surface area contributed by atoms with Crippen molar-refractivity contribution in [3.8, 4) is 11.8 Å². The Labute approximate surface area is 164 Å². The highest BCUT2D eigenvalue weighted by Crippen LogP contribution is 2.35. The van der Waals surface area contributed by atoms with E-state index in [9.17, 15) is 10.4 Å². The lowest BCUT2D eigenvalue weighted by Gasteiger charge is -2.18. The van der Waals surface area contributed by atoms with Crippen LogP contribution in [0.1, 0.15) is 39.9 Å². The number of fused-ring (bicyclic) bond motifs is 3. The molecule has 0 fully saturated rings. The summed E-state index contributed by atoms with van der Waals surface area (Å²) in [6, 6.07) is 7.85. The van der Waals surface area contributed by atoms with Gasteiger partial charge in [-0.05, 0) is 31.9 Å². The van der Waals surface area contributed by atoms with Crippen LogP contribution in [-0.4, -0.2) is 31.8 Å². The van der Waals surface area contributed by atoms with Crippen LogP contribution < -0.4 is 10.5 Å². The first-order valence-corrected chi connectivity index (χ1v) is 9.50. The minimum Gasteiger partial charge on any atom is -0.493 e. The molecule has 0 amide bonds. The summed E-state index contributed by atoms with van der Waals surface area (Å²) in [6.45, 7) is 8.84. The first-order valence-electron chi connectivity index (χ1n) is 9.50. The largest absolute Gasteiger partial charge is 0.493 e. The van der Waals surface area contributed by atoms with Crippen molar-refractivity contribution in [3.05, 3.63) is 24.0 Å². The molecule has 3 rings (SSSR count). The van der Waals surface area contributed by atoms with Gasteiger partial charge >= 0.3 is 0 Å². The lowest BCUT2D eigenvalue weighted by Crippen LogP contribution is -2.21. The van der Waals surface area contributed by atoms with Gasteiger partial charge in [-0.25, -0.2) is 9.97 Å². The highest BCUT2D eigenvalue weighted by molar-refractivity contribution is 6.09. The van der Waals surface area contributed by atoms with Gasteiger partial charge in [-0.3, -0.25) is 0 Å². The SMILES string of the molecule is CC(C)Cn1c(CC#N)nc2c(N)nc3cccc(OCCC(C)(C)O)c3c21. The Hall–Kier alpha value is -2.85. The number of rotatable bonds is 7. The first-order chi connectivity index (χ1) is 13.2. The predicted octanol–water partition coefficient (Wildman–Crippen LogP) is 3.43. The standard InChI is InChI=1S/C21H27N5O2/c1-13(2)12-26-16(8-10-22)25-18-19(26)17-14(24-20(18)23)6-5-7-15(17)28-11-9-21(3,4)27/h5-7,13,27H,8-9,11-12H2,1-4H3,(H2,23,24). The maximum absolute atomic E-state index is 9.97. The van der Waals surface area contributed by atoms with Gasteiger partial charge in [0.05, 0.1) is 41.1 Å². The van der Waals surface area contributed by atoms with E-state index in [1.54, 1.807) is 13.8 Å². The molecule has 0 saturated heterocycles. The number of pyridine rings is 1. The number of aliphatic hydroxyl groups is 1. The molecule has 3 aromatic rings. The average molecular weight is 381 g/mol. The number of nitriles is 1. The molecule has 148 valence electrons. The number of ether oxygens (including phenoxy) is 1. The predicted molar refractivity (Wildman–Crippen MR) is 110 cm³/mol. The highest BCUT2D eigenvalue weighted by Gasteiger charge is 2.21. The maximum Gasteiger partial charge on any atom is 0.152 e. The van der Waals surface area contributed by atoms with Crippen LogP contribution in [0.5, 0.6) is 5.75 Å². The molecule has 0 atom stereocenters. The molecular weight excluding hydrogens is 354 g/mol. The van der Waals surface area contributed by atoms with Crippen LogP contribution in [0.4, 0.5) is 5.82 Å². The van der Waals surface area contributed by atoms with Crippen LogP contribution in [0, 0.1) is 17.2 Å². The first kappa shape index (κ1) is 19.9. The second kappa shape index (κ2) is 7.64. The van der Waals surface area contributed by atoms with Crippen molar-refractivity contribution >= 4 is 27.8 Å². The number of anilines is 1. The van der Waals surface area contributed by atoms with Gasteiger partial charge in [0.25, 0.3) is 0 Å². The van der Waals surface area contributed by atoms with Gasteiger partial charge in [0.15, 0.2) is 5.82 Å². The Morgan fingerprint density at radius 1 is 1.32 bits per heavy atom. The highest BCUT2D eigenvalue weighted by atomic mass is 16.5. The van der Waals surface area contributed by atoms with Crippen molar-refractivity contribution < 1.29 is 9.84 Å². The lowest BCUT2D eigenvalue weighted by molar-refractivity contribution is 0.0555. The number of hydrogen-bond donors (Lipinski definition) is 2. The van der Waals surface area contributed by atoms with Gasteiger partial charge in [0.2, 0.25) is 0 Å². The molecule has 2 heterocycles. The Bertz CT molecular complexity index is 1040. The van der Waals surface area contributed by atoms with Crippen molar-refractivity contribution in [3.63, 3.8) is 0 Å². The van der Waals surface area contributed by atoms with Gasteiger partial charge < -0.3 is 20.1 Å². The van der Waals surface area contributed by atoms with Crippen molar-refractivity contribution in [2.45, 2.75) is 52.7 Å². The van der Waals surface area contributed by atoms with Crippen molar-refractivity contribution in [1.82, 2.24) is 14.5 Å². The molecule has 0 aliphatic carbocycles. The summed E-state index contributed by atoms with van der Waals surface area (Å²) >= 11 is 0. The van der Waals surface area contributed by atoms with E-state index in [-0.39, 0.29) is 6.42 Å². The van der Waals surface area contributed by atoms with E-state index in [0.29, 0.717) is 48.4 Å². The second-order valence-corrected chi connectivity index (χ2v) is 8.12. The number of hydrogen-bond acceptors (Lipinski definition) is 6. The van der Waals surface area contributed by atoms with Gasteiger partial charge in [-0.15, -0.1) is 0 Å². The molecule has 0 unspecified atom stereocenters. The summed E-state index contributed by atoms with van der Waals surface area (Å²) in [6.07, 6.45) is 0.698. The fourth-order valence-corrected chi connectivity index (χ4v) is 3.26. The third kappa shape index (κ3) is 4.02. The van der Waals surface area contributed by atoms with Gasteiger partial charge in [0, 0.05) is 13.0 Å². The third-order valence-corrected chi connectivity index (χ3v) is 4.53. The molecule has 1 aromatic carbocycles. The molecule has 0 aliphatic rings. The van der Waals surface area contributed by atoms with E-state index in [0.717, 1.165) is 16.4 Å². The number of benzene rings is 1. The quantitative estimate of drug-likeness (QED) is 0.649. The van der Waals surface area contributed by atoms with Gasteiger partial charge in [-0.2, -0.15) is 5.26 Å². The van der Waals surface area contributed by atoms with Crippen LogP contribution in [0.2, 0.25) is 0 Å². The Balaban J connectivity index is 2.23. The van der Waals surface area contributed by atoms with Crippen LogP contribution >= 0.6 is 0 Å². The molecule has 0 bridgehead atoms. The van der Waals surface area contributed by atoms with Crippen LogP contribution in [0.15, 0.2) is 18.2 Å². The van der Waals surface area contributed by atoms with E-state index in [1.165, 1.54) is 0 Å². The molecule has 0 spiro atoms. The zero-order valence-electron chi connectivity index (χ0n) is 16.9. The van der Waals surface area contributed by atoms with E-state index < -0.39 is 5.60 Å². The molecule has 2 aromatic heterocycles. The summed E-state index contributed by atoms with van der Waals surface area (Å²) in [5, 5.41) is 20.0. The Morgan fingerprint density at radius 3 is 2.71 bits per heavy atom. The van der Waals surface area contributed by atoms with Gasteiger partial charge in [-0.1, -0.05) is 19.9 Å². The summed E-state index contributed by atoms with van der Waals surface area (Å²) in [4.78, 5) is 9.13. The van der Waals surface area contributed by atoms with Crippen molar-refractivity contribution in [2.24, 2.45) is 5.92 Å². The molecule has 7 nitrogen and oxygen atoms in total. The average Bonchev–Trinajstić information content (AvgIpc) is 2.93. The van der Waals surface area contributed by atoms with E-state index in [4.69, 9.17) is 10.5 Å². The number of nitrogens with zero attached hydrogens (tertiary/aromatic N) is 4. The van der Waals surface area contributed by atoms with Crippen molar-refractivity contribution in [2.75, 3.05) is 12.3 Å². The molecule has 0 saturated carbocycles. The van der Waals surface area contributed by atoms with Crippen LogP contribution in [0.3, 0.4) is 0 Å². The molecule has 0 radical (unpaired) electrons. The molecular formula is C21H27N5O2. The monoisotopic (exact) mass is 381 g/mol. The molecule has 0 aliphatic heterocycles. The summed E-state index contributed by atoms with van der Waals surface area (Å²) in [5.41, 5.74) is 7.55. The maximum atomic E-state index is 9.97. The third-order valence-electron chi connectivity index (χ3n) is 4.53. The Morgan fingerprint density at radius 2 is 2.07 bits per heavy atom. The normalized spacial score (nSPS) is 12.0. The minimum absolute atomic E-state index is 0.198. The zero-order valence-corrected chi connectivity index (χ0v) is 16.9. The van der Waals surface area contributed by atoms with Crippen molar-refractivity contribution in [1.29, 1.82) is 5.26 Å². The van der Waals surface area contributed by atoms with Crippen LogP contribution in [-0.2, 0) is 13.0 Å². The summed E-state index contributed by atoms with van der Waals surface area (Å²) in [5.74, 6) is 2.06. The second-order valence-electron chi connectivity index (χ2n) is 8.12. The van der Waals surface area contributed by atoms with E-state index >= 15 is 0 Å². The number of nitrogen functional groups attached to an aromatic ring is 1. The fraction of sp³-hybridized carbons (Fsp3) is 0.476. The molecule has 28 heavy (non-hydrogen) atoms. The smallest absolute Gasteiger partial charge is 0.152 e. The summed E-state index contributed by atoms with van der Waals surface area (Å²) in [7, 11) is 0. The topological polar surface area (TPSA) is 110 Å². The minimum atomic E-state index is -0.804. The van der Waals surface area contributed by atoms with E-state index in [1.807, 2.05) is 18.2 Å². The summed E-state index contributed by atoms with van der Waals surface area (Å²) < 4.78 is 8.09. The number of imidazole rings is 1. The fourth-order valence-electron chi connectivity index (χ4n) is 3.26. The lowest BCUT2D eigenvalue weighted by atomic mass is 10.1.